The molecule has 1 aliphatic rings. The molecular formula is C20H32CsN3O2. The summed E-state index contributed by atoms with van der Waals surface area (Å²) in [6.45, 7) is 16.6. The van der Waals surface area contributed by atoms with Crippen LogP contribution in [0, 0.1) is 18.8 Å². The Hall–Kier alpha value is 0.272. The second kappa shape index (κ2) is 10.7. The van der Waals surface area contributed by atoms with Crippen molar-refractivity contribution in [3.8, 4) is 0 Å². The van der Waals surface area contributed by atoms with Crippen molar-refractivity contribution in [3.05, 3.63) is 24.8 Å². The summed E-state index contributed by atoms with van der Waals surface area (Å²) in [5.74, 6) is 0.480. The molecule has 1 aromatic rings. The standard InChI is InChI=1S/C20H32N3O2.Cs/c1-7-12-23(17-9-11-22-18-16(17)8-10-21-18)13-14(2)15(3)19(24)25-20(4,5)6;/h9,11,14-15H,3,7-8,10,12-13H2,1-2,4-6H3,(H,21,22);/q-1;+1. The molecule has 0 amide bonds. The maximum absolute atomic E-state index is 12.3. The van der Waals surface area contributed by atoms with E-state index in [4.69, 9.17) is 4.74 Å². The molecule has 0 saturated heterocycles. The van der Waals surface area contributed by atoms with Gasteiger partial charge >= 0.3 is 68.9 Å². The Morgan fingerprint density at radius 2 is 2.15 bits per heavy atom. The fourth-order valence-electron chi connectivity index (χ4n) is 3.15. The van der Waals surface area contributed by atoms with Crippen LogP contribution in [0.3, 0.4) is 0 Å². The molecule has 0 aliphatic carbocycles. The van der Waals surface area contributed by atoms with Gasteiger partial charge in [0.25, 0.3) is 5.97 Å². The SMILES string of the molecule is [CH2-]C(C(=O)OC(C)(C)C)C(C)CN(CCC)c1ccnc2c1CCN2.[Cs+]. The van der Waals surface area contributed by atoms with Gasteiger partial charge in [0.1, 0.15) is 11.4 Å². The smallest absolute Gasteiger partial charge is 0.462 e. The third kappa shape index (κ3) is 6.71. The van der Waals surface area contributed by atoms with Crippen LogP contribution in [0.25, 0.3) is 0 Å². The number of rotatable bonds is 7. The van der Waals surface area contributed by atoms with Crippen LogP contribution in [0.5, 0.6) is 0 Å². The molecule has 2 heterocycles. The number of ether oxygens (including phenoxy) is 1. The molecular weight excluding hydrogens is 447 g/mol. The van der Waals surface area contributed by atoms with Crippen molar-refractivity contribution in [2.75, 3.05) is 29.9 Å². The minimum Gasteiger partial charge on any atom is -0.462 e. The summed E-state index contributed by atoms with van der Waals surface area (Å²) in [6.07, 6.45) is 3.90. The molecule has 0 aromatic carbocycles. The summed E-state index contributed by atoms with van der Waals surface area (Å²) in [6, 6.07) is 2.08. The fraction of sp³-hybridized carbons (Fsp3) is 0.650. The van der Waals surface area contributed by atoms with Crippen molar-refractivity contribution in [2.45, 2.75) is 53.1 Å². The van der Waals surface area contributed by atoms with Crippen LogP contribution in [0.1, 0.15) is 46.6 Å². The van der Waals surface area contributed by atoms with Crippen LogP contribution in [-0.2, 0) is 16.0 Å². The van der Waals surface area contributed by atoms with Crippen molar-refractivity contribution >= 4 is 17.5 Å². The van der Waals surface area contributed by atoms with Crippen LogP contribution in [0.15, 0.2) is 12.3 Å². The number of aromatic nitrogens is 1. The molecule has 0 radical (unpaired) electrons. The van der Waals surface area contributed by atoms with Crippen LogP contribution in [0.4, 0.5) is 11.5 Å². The zero-order chi connectivity index (χ0) is 18.6. The zero-order valence-electron chi connectivity index (χ0n) is 17.3. The van der Waals surface area contributed by atoms with Gasteiger partial charge in [-0.05, 0) is 45.6 Å². The summed E-state index contributed by atoms with van der Waals surface area (Å²) >= 11 is 0. The summed E-state index contributed by atoms with van der Waals surface area (Å²) in [4.78, 5) is 19.1. The van der Waals surface area contributed by atoms with Gasteiger partial charge in [0.2, 0.25) is 0 Å². The number of fused-ring (bicyclic) bond motifs is 1. The number of nitrogens with zero attached hydrogens (tertiary/aromatic N) is 2. The number of anilines is 2. The second-order valence-corrected chi connectivity index (χ2v) is 7.90. The van der Waals surface area contributed by atoms with Gasteiger partial charge < -0.3 is 21.9 Å². The van der Waals surface area contributed by atoms with Crippen molar-refractivity contribution in [1.82, 2.24) is 4.98 Å². The molecule has 5 nitrogen and oxygen atoms in total. The molecule has 1 aromatic heterocycles. The molecule has 0 spiro atoms. The third-order valence-electron chi connectivity index (χ3n) is 4.44. The van der Waals surface area contributed by atoms with E-state index in [-0.39, 0.29) is 86.7 Å². The molecule has 2 rings (SSSR count). The summed E-state index contributed by atoms with van der Waals surface area (Å²) in [7, 11) is 0. The molecule has 1 N–H and O–H groups in total. The van der Waals surface area contributed by atoms with Gasteiger partial charge in [-0.1, -0.05) is 19.8 Å². The number of hydrogen-bond donors (Lipinski definition) is 1. The van der Waals surface area contributed by atoms with Crippen molar-refractivity contribution in [3.63, 3.8) is 0 Å². The van der Waals surface area contributed by atoms with Crippen molar-refractivity contribution < 1.29 is 78.4 Å². The van der Waals surface area contributed by atoms with E-state index in [1.807, 2.05) is 27.0 Å². The Kier molecular flexibility index (Phi) is 10.0. The Morgan fingerprint density at radius 3 is 2.77 bits per heavy atom. The number of hydrogen-bond acceptors (Lipinski definition) is 5. The average molecular weight is 479 g/mol. The Labute approximate surface area is 217 Å². The average Bonchev–Trinajstić information content (AvgIpc) is 3.00. The van der Waals surface area contributed by atoms with E-state index in [1.165, 1.54) is 11.3 Å². The minimum atomic E-state index is -0.479. The van der Waals surface area contributed by atoms with Crippen LogP contribution < -0.4 is 79.1 Å². The van der Waals surface area contributed by atoms with Gasteiger partial charge in [-0.15, -0.1) is 0 Å². The van der Waals surface area contributed by atoms with E-state index in [2.05, 4.69) is 42.0 Å². The Bertz CT molecular complexity index is 601. The first-order chi connectivity index (χ1) is 11.7. The largest absolute Gasteiger partial charge is 1.00 e. The number of carbonyl (C=O) groups is 1. The van der Waals surface area contributed by atoms with E-state index in [0.717, 1.165) is 38.3 Å². The molecule has 140 valence electrons. The van der Waals surface area contributed by atoms with E-state index >= 15 is 0 Å². The predicted molar refractivity (Wildman–Crippen MR) is 103 cm³/mol. The molecule has 2 unspecified atom stereocenters. The van der Waals surface area contributed by atoms with Gasteiger partial charge in [-0.3, -0.25) is 4.79 Å². The summed E-state index contributed by atoms with van der Waals surface area (Å²) in [5, 5.41) is 3.33. The van der Waals surface area contributed by atoms with E-state index in [1.54, 1.807) is 0 Å². The maximum Gasteiger partial charge on any atom is 1.00 e. The monoisotopic (exact) mass is 479 g/mol. The van der Waals surface area contributed by atoms with Gasteiger partial charge in [0.15, 0.2) is 0 Å². The number of nitrogens with one attached hydrogen (secondary N) is 1. The van der Waals surface area contributed by atoms with Crippen LogP contribution in [-0.4, -0.2) is 36.2 Å². The first-order valence-corrected chi connectivity index (χ1v) is 9.25. The number of carbonyl (C=O) groups excluding carboxylic acids is 1. The molecule has 26 heavy (non-hydrogen) atoms. The number of esters is 1. The van der Waals surface area contributed by atoms with Gasteiger partial charge in [-0.2, -0.15) is 0 Å². The van der Waals surface area contributed by atoms with Gasteiger partial charge in [0, 0.05) is 37.1 Å². The number of pyridine rings is 1. The van der Waals surface area contributed by atoms with Gasteiger partial charge in [0.05, 0.1) is 0 Å². The quantitative estimate of drug-likeness (QED) is 0.461. The first kappa shape index (κ1) is 24.3. The minimum absolute atomic E-state index is 0. The maximum atomic E-state index is 12.3. The third-order valence-corrected chi connectivity index (χ3v) is 4.44. The molecule has 0 fully saturated rings. The zero-order valence-corrected chi connectivity index (χ0v) is 23.5. The van der Waals surface area contributed by atoms with Crippen molar-refractivity contribution in [1.29, 1.82) is 0 Å². The summed E-state index contributed by atoms with van der Waals surface area (Å²) < 4.78 is 5.50. The van der Waals surface area contributed by atoms with E-state index in [9.17, 15) is 4.79 Å². The molecule has 0 saturated carbocycles. The normalized spacial score (nSPS) is 15.3. The molecule has 1 aliphatic heterocycles. The van der Waals surface area contributed by atoms with Crippen molar-refractivity contribution in [2.24, 2.45) is 11.8 Å². The Balaban J connectivity index is 0.00000338. The summed E-state index contributed by atoms with van der Waals surface area (Å²) in [5.41, 5.74) is 2.02. The van der Waals surface area contributed by atoms with Crippen LogP contribution in [0.2, 0.25) is 0 Å². The topological polar surface area (TPSA) is 54.5 Å². The van der Waals surface area contributed by atoms with E-state index < -0.39 is 5.60 Å². The second-order valence-electron chi connectivity index (χ2n) is 7.90. The fourth-order valence-corrected chi connectivity index (χ4v) is 3.15. The molecule has 2 atom stereocenters. The molecule has 6 heteroatoms. The first-order valence-electron chi connectivity index (χ1n) is 9.25. The van der Waals surface area contributed by atoms with E-state index in [0.29, 0.717) is 0 Å². The predicted octanol–water partition coefficient (Wildman–Crippen LogP) is 0.698. The molecule has 0 bridgehead atoms. The van der Waals surface area contributed by atoms with Crippen LogP contribution >= 0.6 is 0 Å². The van der Waals surface area contributed by atoms with Gasteiger partial charge in [-0.25, -0.2) is 4.98 Å². The Morgan fingerprint density at radius 1 is 1.46 bits per heavy atom.